The van der Waals surface area contributed by atoms with Gasteiger partial charge in [0.05, 0.1) is 11.7 Å². The van der Waals surface area contributed by atoms with E-state index in [0.29, 0.717) is 23.7 Å². The molecule has 4 saturated carbocycles. The van der Waals surface area contributed by atoms with Gasteiger partial charge in [0.25, 0.3) is 0 Å². The molecule has 4 fully saturated rings. The third kappa shape index (κ3) is 2.88. The average molecular weight is 375 g/mol. The minimum absolute atomic E-state index is 0.179. The Bertz CT molecular complexity index is 599. The highest BCUT2D eigenvalue weighted by Gasteiger charge is 2.63. The van der Waals surface area contributed by atoms with Gasteiger partial charge in [-0.1, -0.05) is 39.3 Å². The lowest BCUT2D eigenvalue weighted by Crippen LogP contribution is -2.60. The summed E-state index contributed by atoms with van der Waals surface area (Å²) in [5.41, 5.74) is 1.34. The van der Waals surface area contributed by atoms with Gasteiger partial charge in [-0.05, 0) is 105 Å². The summed E-state index contributed by atoms with van der Waals surface area (Å²) < 4.78 is 0. The molecule has 0 aromatic rings. The van der Waals surface area contributed by atoms with Crippen molar-refractivity contribution in [3.05, 3.63) is 12.2 Å². The Hall–Kier alpha value is -0.340. The smallest absolute Gasteiger partial charge is 0.0650 e. The van der Waals surface area contributed by atoms with Crippen molar-refractivity contribution in [1.29, 1.82) is 0 Å². The highest BCUT2D eigenvalue weighted by Crippen LogP contribution is 2.68. The van der Waals surface area contributed by atoms with E-state index in [9.17, 15) is 10.2 Å². The van der Waals surface area contributed by atoms with E-state index in [1.807, 2.05) is 0 Å². The van der Waals surface area contributed by atoms with Crippen LogP contribution >= 0.6 is 0 Å². The van der Waals surface area contributed by atoms with Crippen molar-refractivity contribution in [3.63, 3.8) is 0 Å². The summed E-state index contributed by atoms with van der Waals surface area (Å²) in [5.74, 6) is 3.03. The van der Waals surface area contributed by atoms with E-state index >= 15 is 0 Å². The molecular formula is C25H42O2. The number of fused-ring (bicyclic) bond motifs is 5. The summed E-state index contributed by atoms with van der Waals surface area (Å²) in [5, 5.41) is 22.6. The summed E-state index contributed by atoms with van der Waals surface area (Å²) in [6.45, 7) is 13.6. The molecule has 4 aliphatic rings. The molecule has 0 aromatic carbocycles. The van der Waals surface area contributed by atoms with E-state index in [0.717, 1.165) is 44.4 Å². The fraction of sp³-hybridized carbons (Fsp3) is 0.920. The van der Waals surface area contributed by atoms with Crippen LogP contribution in [0.15, 0.2) is 12.2 Å². The van der Waals surface area contributed by atoms with Crippen molar-refractivity contribution in [2.75, 3.05) is 0 Å². The predicted molar refractivity (Wildman–Crippen MR) is 111 cm³/mol. The SMILES string of the molecule is C=C(C)[C@H]1CC[C@H]2[C@@H]3CC[C@@H]4C[C@@](O)(CCC)CC[C@]4(C)[C@H]3[C@H](O)C[C@]12C. The Morgan fingerprint density at radius 2 is 1.78 bits per heavy atom. The Morgan fingerprint density at radius 3 is 2.44 bits per heavy atom. The second-order valence-corrected chi connectivity index (χ2v) is 11.5. The normalized spacial score (nSPS) is 54.7. The molecule has 2 nitrogen and oxygen atoms in total. The van der Waals surface area contributed by atoms with Crippen LogP contribution in [0.3, 0.4) is 0 Å². The first-order valence-corrected chi connectivity index (χ1v) is 11.7. The third-order valence-electron chi connectivity index (χ3n) is 10.1. The number of rotatable bonds is 3. The maximum absolute atomic E-state index is 11.5. The first-order valence-electron chi connectivity index (χ1n) is 11.7. The third-order valence-corrected chi connectivity index (χ3v) is 10.1. The van der Waals surface area contributed by atoms with Crippen LogP contribution in [0.4, 0.5) is 0 Å². The molecule has 2 N–H and O–H groups in total. The van der Waals surface area contributed by atoms with Crippen LogP contribution < -0.4 is 0 Å². The average Bonchev–Trinajstić information content (AvgIpc) is 2.92. The molecular weight excluding hydrogens is 332 g/mol. The molecule has 0 saturated heterocycles. The van der Waals surface area contributed by atoms with Crippen LogP contribution in [0.2, 0.25) is 0 Å². The zero-order valence-corrected chi connectivity index (χ0v) is 18.1. The van der Waals surface area contributed by atoms with Crippen molar-refractivity contribution >= 4 is 0 Å². The minimum atomic E-state index is -0.446. The van der Waals surface area contributed by atoms with E-state index in [-0.39, 0.29) is 16.9 Å². The molecule has 0 bridgehead atoms. The summed E-state index contributed by atoms with van der Waals surface area (Å²) >= 11 is 0. The van der Waals surface area contributed by atoms with Crippen LogP contribution in [0.1, 0.15) is 91.9 Å². The summed E-state index contributed by atoms with van der Waals surface area (Å²) in [6, 6.07) is 0. The molecule has 0 amide bonds. The van der Waals surface area contributed by atoms with E-state index in [2.05, 4.69) is 34.3 Å². The topological polar surface area (TPSA) is 40.5 Å². The first-order chi connectivity index (χ1) is 12.6. The molecule has 9 atom stereocenters. The second-order valence-electron chi connectivity index (χ2n) is 11.5. The summed E-state index contributed by atoms with van der Waals surface area (Å²) in [7, 11) is 0. The number of allylic oxidation sites excluding steroid dienone is 1. The van der Waals surface area contributed by atoms with Gasteiger partial charge in [0.2, 0.25) is 0 Å². The highest BCUT2D eigenvalue weighted by atomic mass is 16.3. The van der Waals surface area contributed by atoms with Crippen LogP contribution in [-0.4, -0.2) is 21.9 Å². The fourth-order valence-corrected chi connectivity index (χ4v) is 8.95. The van der Waals surface area contributed by atoms with Gasteiger partial charge in [0, 0.05) is 0 Å². The van der Waals surface area contributed by atoms with Crippen LogP contribution in [0.5, 0.6) is 0 Å². The largest absolute Gasteiger partial charge is 0.393 e. The maximum Gasteiger partial charge on any atom is 0.0650 e. The van der Waals surface area contributed by atoms with Gasteiger partial charge in [-0.2, -0.15) is 0 Å². The van der Waals surface area contributed by atoms with E-state index in [1.54, 1.807) is 0 Å². The van der Waals surface area contributed by atoms with Gasteiger partial charge in [-0.3, -0.25) is 0 Å². The zero-order valence-electron chi connectivity index (χ0n) is 18.1. The van der Waals surface area contributed by atoms with Gasteiger partial charge in [0.1, 0.15) is 0 Å². The molecule has 0 aliphatic heterocycles. The Balaban J connectivity index is 1.62. The lowest BCUT2D eigenvalue weighted by atomic mass is 9.43. The molecule has 27 heavy (non-hydrogen) atoms. The maximum atomic E-state index is 11.5. The lowest BCUT2D eigenvalue weighted by Gasteiger charge is -2.63. The first kappa shape index (κ1) is 20.0. The van der Waals surface area contributed by atoms with Crippen molar-refractivity contribution in [3.8, 4) is 0 Å². The standard InChI is InChI=1S/C25H42O2/c1-6-11-25(27)13-12-23(4)17(14-25)7-8-18-20-10-9-19(16(2)3)24(20,5)15-21(26)22(18)23/h17-22,26-27H,2,6-15H2,1,3-5H3/t17-,18+,19-,20+,21-,22-,23+,24-,25-/m1/s1. The van der Waals surface area contributed by atoms with Gasteiger partial charge < -0.3 is 10.2 Å². The zero-order chi connectivity index (χ0) is 19.6. The van der Waals surface area contributed by atoms with Crippen molar-refractivity contribution in [1.82, 2.24) is 0 Å². The number of hydrogen-bond donors (Lipinski definition) is 2. The van der Waals surface area contributed by atoms with Crippen molar-refractivity contribution in [2.45, 2.75) is 104 Å². The molecule has 0 aromatic heterocycles. The van der Waals surface area contributed by atoms with Gasteiger partial charge in [0.15, 0.2) is 0 Å². The highest BCUT2D eigenvalue weighted by molar-refractivity contribution is 5.17. The fourth-order valence-electron chi connectivity index (χ4n) is 8.95. The molecule has 4 rings (SSSR count). The predicted octanol–water partition coefficient (Wildman–Crippen LogP) is 5.72. The van der Waals surface area contributed by atoms with Crippen molar-refractivity contribution in [2.24, 2.45) is 40.4 Å². The van der Waals surface area contributed by atoms with E-state index in [1.165, 1.54) is 31.3 Å². The monoisotopic (exact) mass is 374 g/mol. The van der Waals surface area contributed by atoms with Crippen LogP contribution in [-0.2, 0) is 0 Å². The second kappa shape index (κ2) is 6.59. The van der Waals surface area contributed by atoms with Gasteiger partial charge in [-0.15, -0.1) is 0 Å². The number of aliphatic hydroxyl groups excluding tert-OH is 1. The quantitative estimate of drug-likeness (QED) is 0.620. The number of hydrogen-bond acceptors (Lipinski definition) is 2. The van der Waals surface area contributed by atoms with Gasteiger partial charge >= 0.3 is 0 Å². The molecule has 2 heteroatoms. The molecule has 0 unspecified atom stereocenters. The molecule has 0 radical (unpaired) electrons. The van der Waals surface area contributed by atoms with Crippen LogP contribution in [0.25, 0.3) is 0 Å². The Labute approximate surface area is 166 Å². The lowest BCUT2D eigenvalue weighted by molar-refractivity contribution is -0.190. The molecule has 0 heterocycles. The summed E-state index contributed by atoms with van der Waals surface area (Å²) in [6.07, 6.45) is 10.9. The van der Waals surface area contributed by atoms with Crippen LogP contribution in [0, 0.1) is 40.4 Å². The molecule has 0 spiro atoms. The Kier molecular flexibility index (Phi) is 4.87. The van der Waals surface area contributed by atoms with E-state index < -0.39 is 5.60 Å². The minimum Gasteiger partial charge on any atom is -0.393 e. The van der Waals surface area contributed by atoms with Crippen molar-refractivity contribution < 1.29 is 10.2 Å². The number of aliphatic hydroxyl groups is 2. The Morgan fingerprint density at radius 1 is 1.04 bits per heavy atom. The van der Waals surface area contributed by atoms with E-state index in [4.69, 9.17) is 0 Å². The molecule has 154 valence electrons. The summed E-state index contributed by atoms with van der Waals surface area (Å²) in [4.78, 5) is 0. The molecule has 4 aliphatic carbocycles. The van der Waals surface area contributed by atoms with Gasteiger partial charge in [-0.25, -0.2) is 0 Å².